The van der Waals surface area contributed by atoms with E-state index in [4.69, 9.17) is 9.72 Å². The van der Waals surface area contributed by atoms with Gasteiger partial charge in [-0.25, -0.2) is 4.98 Å². The molecule has 1 fully saturated rings. The monoisotopic (exact) mass is 379 g/mol. The van der Waals surface area contributed by atoms with Crippen LogP contribution in [0.25, 0.3) is 10.9 Å². The Morgan fingerprint density at radius 1 is 1.21 bits per heavy atom. The van der Waals surface area contributed by atoms with Crippen LogP contribution in [0, 0.1) is 0 Å². The van der Waals surface area contributed by atoms with E-state index in [1.807, 2.05) is 18.3 Å². The molecule has 5 rings (SSSR count). The molecule has 0 radical (unpaired) electrons. The van der Waals surface area contributed by atoms with Crippen LogP contribution in [0.2, 0.25) is 0 Å². The van der Waals surface area contributed by atoms with Crippen LogP contribution < -0.4 is 14.5 Å². The summed E-state index contributed by atoms with van der Waals surface area (Å²) in [5.74, 6) is 2.52. The van der Waals surface area contributed by atoms with Crippen molar-refractivity contribution >= 4 is 22.7 Å². The highest BCUT2D eigenvalue weighted by Crippen LogP contribution is 2.32. The lowest BCUT2D eigenvalue weighted by atomic mass is 10.0. The van der Waals surface area contributed by atoms with Crippen molar-refractivity contribution in [2.24, 2.45) is 0 Å². The molecule has 1 unspecified atom stereocenters. The second-order valence-corrected chi connectivity index (χ2v) is 7.62. The van der Waals surface area contributed by atoms with Crippen LogP contribution >= 0.6 is 0 Å². The van der Waals surface area contributed by atoms with E-state index in [9.17, 15) is 5.11 Å². The number of fused-ring (bicyclic) bond motifs is 3. The van der Waals surface area contributed by atoms with E-state index in [1.165, 1.54) is 16.6 Å². The number of aliphatic hydroxyl groups is 1. The molecule has 0 saturated carbocycles. The van der Waals surface area contributed by atoms with Crippen LogP contribution in [-0.4, -0.2) is 52.9 Å². The van der Waals surface area contributed by atoms with E-state index >= 15 is 0 Å². The summed E-state index contributed by atoms with van der Waals surface area (Å²) < 4.78 is 5.41. The number of ether oxygens (including phenoxy) is 1. The maximum Gasteiger partial charge on any atom is 0.227 e. The molecule has 7 heteroatoms. The summed E-state index contributed by atoms with van der Waals surface area (Å²) in [6.45, 7) is 3.22. The summed E-state index contributed by atoms with van der Waals surface area (Å²) in [5, 5.41) is 11.2. The van der Waals surface area contributed by atoms with Crippen molar-refractivity contribution in [3.8, 4) is 5.75 Å². The molecule has 2 N–H and O–H groups in total. The number of hydrogen-bond acceptors (Lipinski definition) is 6. The molecule has 7 nitrogen and oxygen atoms in total. The molecule has 3 aromatic rings. The number of β-amino-alcohol motifs (C(OH)–C–C–N with tert-alkyl or cyclic N) is 1. The minimum atomic E-state index is -0.272. The number of hydrogen-bond donors (Lipinski definition) is 2. The van der Waals surface area contributed by atoms with Gasteiger partial charge in [-0.2, -0.15) is 4.98 Å². The van der Waals surface area contributed by atoms with Gasteiger partial charge in [0.2, 0.25) is 5.95 Å². The number of aromatic amines is 1. The Hall–Kier alpha value is -2.80. The predicted octanol–water partition coefficient (Wildman–Crippen LogP) is 2.49. The van der Waals surface area contributed by atoms with Crippen molar-refractivity contribution in [1.82, 2.24) is 15.0 Å². The first-order chi connectivity index (χ1) is 13.7. The second-order valence-electron chi connectivity index (χ2n) is 7.62. The molecule has 0 bridgehead atoms. The Labute approximate surface area is 164 Å². The number of H-pyrrole nitrogens is 1. The molecular formula is C21H25N5O2. The van der Waals surface area contributed by atoms with Gasteiger partial charge in [-0.1, -0.05) is 0 Å². The van der Waals surface area contributed by atoms with Gasteiger partial charge in [0.05, 0.1) is 13.2 Å². The van der Waals surface area contributed by atoms with E-state index in [1.54, 1.807) is 7.11 Å². The second kappa shape index (κ2) is 6.98. The van der Waals surface area contributed by atoms with Crippen LogP contribution in [0.15, 0.2) is 30.5 Å². The molecule has 4 heterocycles. The Morgan fingerprint density at radius 3 is 3.00 bits per heavy atom. The first kappa shape index (κ1) is 17.3. The van der Waals surface area contributed by atoms with Gasteiger partial charge in [-0.15, -0.1) is 0 Å². The molecule has 1 aromatic carbocycles. The number of piperidine rings is 1. The molecule has 2 aliphatic heterocycles. The fraction of sp³-hybridized carbons (Fsp3) is 0.429. The average Bonchev–Trinajstić information content (AvgIpc) is 3.11. The molecule has 146 valence electrons. The summed E-state index contributed by atoms with van der Waals surface area (Å²) >= 11 is 0. The number of nitrogens with zero attached hydrogens (tertiary/aromatic N) is 4. The van der Waals surface area contributed by atoms with E-state index in [-0.39, 0.29) is 6.10 Å². The Balaban J connectivity index is 1.44. The zero-order valence-electron chi connectivity index (χ0n) is 16.1. The number of nitrogens with one attached hydrogen (secondary N) is 1. The summed E-state index contributed by atoms with van der Waals surface area (Å²) in [7, 11) is 1.70. The third kappa shape index (κ3) is 3.05. The quantitative estimate of drug-likeness (QED) is 0.728. The number of aliphatic hydroxyl groups excluding tert-OH is 1. The third-order valence-electron chi connectivity index (χ3n) is 5.81. The summed E-state index contributed by atoms with van der Waals surface area (Å²) in [6, 6.07) is 8.10. The highest BCUT2D eigenvalue weighted by atomic mass is 16.5. The first-order valence-electron chi connectivity index (χ1n) is 9.90. The van der Waals surface area contributed by atoms with E-state index < -0.39 is 0 Å². The molecule has 28 heavy (non-hydrogen) atoms. The maximum atomic E-state index is 9.98. The van der Waals surface area contributed by atoms with Crippen LogP contribution in [-0.2, 0) is 13.0 Å². The Morgan fingerprint density at radius 2 is 2.14 bits per heavy atom. The van der Waals surface area contributed by atoms with Gasteiger partial charge < -0.3 is 24.6 Å². The van der Waals surface area contributed by atoms with E-state index in [2.05, 4.69) is 31.9 Å². The van der Waals surface area contributed by atoms with Crippen molar-refractivity contribution in [2.45, 2.75) is 31.9 Å². The fourth-order valence-corrected chi connectivity index (χ4v) is 4.32. The lowest BCUT2D eigenvalue weighted by Crippen LogP contribution is -2.39. The normalized spacial score (nSPS) is 19.7. The van der Waals surface area contributed by atoms with Gasteiger partial charge in [0.1, 0.15) is 11.6 Å². The summed E-state index contributed by atoms with van der Waals surface area (Å²) in [4.78, 5) is 17.3. The van der Waals surface area contributed by atoms with Crippen molar-refractivity contribution in [3.05, 3.63) is 41.7 Å². The van der Waals surface area contributed by atoms with Gasteiger partial charge in [-0.3, -0.25) is 0 Å². The summed E-state index contributed by atoms with van der Waals surface area (Å²) in [6.07, 6.45) is 4.35. The van der Waals surface area contributed by atoms with Crippen molar-refractivity contribution in [2.75, 3.05) is 36.5 Å². The number of aromatic nitrogens is 3. The van der Waals surface area contributed by atoms with Gasteiger partial charge >= 0.3 is 0 Å². The zero-order valence-corrected chi connectivity index (χ0v) is 16.1. The molecule has 0 aliphatic carbocycles. The lowest BCUT2D eigenvalue weighted by Gasteiger charge is -2.32. The van der Waals surface area contributed by atoms with Crippen molar-refractivity contribution < 1.29 is 9.84 Å². The number of rotatable bonds is 3. The van der Waals surface area contributed by atoms with Gasteiger partial charge in [-0.05, 0) is 37.1 Å². The minimum Gasteiger partial charge on any atom is -0.497 e. The Bertz CT molecular complexity index is 1000. The molecular weight excluding hydrogens is 354 g/mol. The summed E-state index contributed by atoms with van der Waals surface area (Å²) in [5.41, 5.74) is 3.72. The highest BCUT2D eigenvalue weighted by molar-refractivity contribution is 5.86. The van der Waals surface area contributed by atoms with Crippen molar-refractivity contribution in [1.29, 1.82) is 0 Å². The zero-order chi connectivity index (χ0) is 19.1. The minimum absolute atomic E-state index is 0.272. The molecule has 2 aromatic heterocycles. The topological polar surface area (TPSA) is 77.5 Å². The molecule has 1 saturated heterocycles. The molecule has 0 amide bonds. The van der Waals surface area contributed by atoms with Crippen molar-refractivity contribution in [3.63, 3.8) is 0 Å². The van der Waals surface area contributed by atoms with Gasteiger partial charge in [0, 0.05) is 61.0 Å². The molecule has 2 aliphatic rings. The number of benzene rings is 1. The highest BCUT2D eigenvalue weighted by Gasteiger charge is 2.24. The van der Waals surface area contributed by atoms with Crippen LogP contribution in [0.5, 0.6) is 5.75 Å². The molecule has 1 atom stereocenters. The van der Waals surface area contributed by atoms with Crippen LogP contribution in [0.4, 0.5) is 11.8 Å². The smallest absolute Gasteiger partial charge is 0.227 e. The standard InChI is InChI=1S/C21H25N5O2/c1-28-15-4-5-18-16(11-15)17-13-26(10-7-19(17)23-18)21-22-8-6-20(24-21)25-9-2-3-14(27)12-25/h4-6,8,11,14,23,27H,2-3,7,9-10,12-13H2,1H3. The van der Waals surface area contributed by atoms with E-state index in [0.717, 1.165) is 61.9 Å². The van der Waals surface area contributed by atoms with Crippen LogP contribution in [0.3, 0.4) is 0 Å². The average molecular weight is 379 g/mol. The lowest BCUT2D eigenvalue weighted by molar-refractivity contribution is 0.154. The SMILES string of the molecule is COc1ccc2[nH]c3c(c2c1)CN(c1nccc(N2CCCC(O)C2)n1)CC3. The Kier molecular flexibility index (Phi) is 4.31. The number of anilines is 2. The van der Waals surface area contributed by atoms with E-state index in [0.29, 0.717) is 6.54 Å². The third-order valence-corrected chi connectivity index (χ3v) is 5.81. The molecule has 0 spiro atoms. The first-order valence-corrected chi connectivity index (χ1v) is 9.90. The van der Waals surface area contributed by atoms with Gasteiger partial charge in [0.15, 0.2) is 0 Å². The maximum absolute atomic E-state index is 9.98. The number of methoxy groups -OCH3 is 1. The predicted molar refractivity (Wildman–Crippen MR) is 109 cm³/mol. The largest absolute Gasteiger partial charge is 0.497 e. The van der Waals surface area contributed by atoms with Crippen LogP contribution in [0.1, 0.15) is 24.1 Å². The fourth-order valence-electron chi connectivity index (χ4n) is 4.32. The van der Waals surface area contributed by atoms with Gasteiger partial charge in [0.25, 0.3) is 0 Å².